The quantitative estimate of drug-likeness (QED) is 0.809. The van der Waals surface area contributed by atoms with Crippen molar-refractivity contribution >= 4 is 21.7 Å². The third kappa shape index (κ3) is 3.24. The fraction of sp³-hybridized carbons (Fsp3) is 0.143. The molecule has 3 heteroatoms. The van der Waals surface area contributed by atoms with E-state index in [0.29, 0.717) is 12.0 Å². The molecule has 2 aromatic rings. The van der Waals surface area contributed by atoms with Gasteiger partial charge < -0.3 is 0 Å². The van der Waals surface area contributed by atoms with Gasteiger partial charge in [0, 0.05) is 28.9 Å². The SMILES string of the molecule is Cc1cccc(CC(=O)c2cncc(Br)c2)c1. The fourth-order valence-corrected chi connectivity index (χ4v) is 2.04. The topological polar surface area (TPSA) is 30.0 Å². The Labute approximate surface area is 109 Å². The molecule has 2 rings (SSSR count). The smallest absolute Gasteiger partial charge is 0.168 e. The number of aryl methyl sites for hydroxylation is 1. The first kappa shape index (κ1) is 12.0. The highest BCUT2D eigenvalue weighted by Crippen LogP contribution is 2.13. The van der Waals surface area contributed by atoms with Gasteiger partial charge in [0.05, 0.1) is 0 Å². The molecule has 1 aromatic carbocycles. The molecule has 0 aliphatic carbocycles. The van der Waals surface area contributed by atoms with Crippen LogP contribution in [0.15, 0.2) is 47.2 Å². The van der Waals surface area contributed by atoms with Crippen LogP contribution in [0.1, 0.15) is 21.5 Å². The number of carbonyl (C=O) groups is 1. The summed E-state index contributed by atoms with van der Waals surface area (Å²) in [5, 5.41) is 0. The summed E-state index contributed by atoms with van der Waals surface area (Å²) < 4.78 is 0.826. The molecule has 17 heavy (non-hydrogen) atoms. The van der Waals surface area contributed by atoms with E-state index >= 15 is 0 Å². The van der Waals surface area contributed by atoms with Crippen molar-refractivity contribution < 1.29 is 4.79 Å². The van der Waals surface area contributed by atoms with Gasteiger partial charge in [-0.25, -0.2) is 0 Å². The van der Waals surface area contributed by atoms with Gasteiger partial charge in [0.2, 0.25) is 0 Å². The number of aromatic nitrogens is 1. The van der Waals surface area contributed by atoms with Crippen molar-refractivity contribution in [2.45, 2.75) is 13.3 Å². The highest BCUT2D eigenvalue weighted by atomic mass is 79.9. The minimum atomic E-state index is 0.0874. The van der Waals surface area contributed by atoms with E-state index in [2.05, 4.69) is 20.9 Å². The molecule has 0 aliphatic heterocycles. The van der Waals surface area contributed by atoms with Crippen molar-refractivity contribution in [2.75, 3.05) is 0 Å². The Morgan fingerprint density at radius 3 is 2.82 bits per heavy atom. The predicted molar refractivity (Wildman–Crippen MR) is 71.2 cm³/mol. The standard InChI is InChI=1S/C14H12BrNO/c1-10-3-2-4-11(5-10)6-14(17)12-7-13(15)9-16-8-12/h2-5,7-9H,6H2,1H3. The molecule has 0 spiro atoms. The number of rotatable bonds is 3. The van der Waals surface area contributed by atoms with E-state index in [1.807, 2.05) is 31.2 Å². The number of nitrogens with zero attached hydrogens (tertiary/aromatic N) is 1. The second-order valence-corrected chi connectivity index (χ2v) is 4.90. The first-order chi connectivity index (χ1) is 8.15. The molecule has 0 aliphatic rings. The zero-order valence-electron chi connectivity index (χ0n) is 9.48. The van der Waals surface area contributed by atoms with E-state index < -0.39 is 0 Å². The average molecular weight is 290 g/mol. The van der Waals surface area contributed by atoms with Gasteiger partial charge in [-0.15, -0.1) is 0 Å². The molecule has 0 N–H and O–H groups in total. The van der Waals surface area contributed by atoms with Crippen molar-refractivity contribution in [3.05, 3.63) is 63.9 Å². The Morgan fingerprint density at radius 2 is 2.12 bits per heavy atom. The summed E-state index contributed by atoms with van der Waals surface area (Å²) in [6.07, 6.45) is 3.69. The highest BCUT2D eigenvalue weighted by Gasteiger charge is 2.07. The molecular weight excluding hydrogens is 278 g/mol. The molecule has 0 amide bonds. The van der Waals surface area contributed by atoms with E-state index in [1.165, 1.54) is 5.56 Å². The molecule has 0 bridgehead atoms. The van der Waals surface area contributed by atoms with Gasteiger partial charge in [0.25, 0.3) is 0 Å². The lowest BCUT2D eigenvalue weighted by Crippen LogP contribution is -2.04. The summed E-state index contributed by atoms with van der Waals surface area (Å²) in [6.45, 7) is 2.02. The van der Waals surface area contributed by atoms with Crippen LogP contribution in [0, 0.1) is 6.92 Å². The molecule has 0 fully saturated rings. The normalized spacial score (nSPS) is 10.2. The molecule has 0 atom stereocenters. The van der Waals surface area contributed by atoms with Crippen LogP contribution >= 0.6 is 15.9 Å². The molecule has 0 unspecified atom stereocenters. The fourth-order valence-electron chi connectivity index (χ4n) is 1.67. The van der Waals surface area contributed by atoms with Gasteiger partial charge in [0.15, 0.2) is 5.78 Å². The summed E-state index contributed by atoms with van der Waals surface area (Å²) in [5.74, 6) is 0.0874. The van der Waals surface area contributed by atoms with Gasteiger partial charge in [-0.1, -0.05) is 29.8 Å². The number of ketones is 1. The lowest BCUT2D eigenvalue weighted by Gasteiger charge is -2.02. The zero-order chi connectivity index (χ0) is 12.3. The van der Waals surface area contributed by atoms with E-state index in [9.17, 15) is 4.79 Å². The van der Waals surface area contributed by atoms with Gasteiger partial charge in [0.1, 0.15) is 0 Å². The number of hydrogen-bond donors (Lipinski definition) is 0. The molecule has 1 heterocycles. The van der Waals surface area contributed by atoms with Gasteiger partial charge >= 0.3 is 0 Å². The number of pyridine rings is 1. The Balaban J connectivity index is 2.17. The molecule has 2 nitrogen and oxygen atoms in total. The summed E-state index contributed by atoms with van der Waals surface area (Å²) in [5.41, 5.74) is 2.85. The summed E-state index contributed by atoms with van der Waals surface area (Å²) in [4.78, 5) is 16.0. The molecule has 1 aromatic heterocycles. The van der Waals surface area contributed by atoms with Crippen LogP contribution in [0.4, 0.5) is 0 Å². The van der Waals surface area contributed by atoms with Crippen LogP contribution in [-0.4, -0.2) is 10.8 Å². The van der Waals surface area contributed by atoms with Crippen LogP contribution < -0.4 is 0 Å². The van der Waals surface area contributed by atoms with Crippen LogP contribution in [0.3, 0.4) is 0 Å². The third-order valence-corrected chi connectivity index (χ3v) is 2.91. The minimum absolute atomic E-state index is 0.0874. The second kappa shape index (κ2) is 5.23. The van der Waals surface area contributed by atoms with Gasteiger partial charge in [-0.2, -0.15) is 0 Å². The monoisotopic (exact) mass is 289 g/mol. The highest BCUT2D eigenvalue weighted by molar-refractivity contribution is 9.10. The molecule has 0 saturated carbocycles. The van der Waals surface area contributed by atoms with Crippen molar-refractivity contribution in [3.8, 4) is 0 Å². The van der Waals surface area contributed by atoms with E-state index in [-0.39, 0.29) is 5.78 Å². The van der Waals surface area contributed by atoms with Crippen molar-refractivity contribution in [2.24, 2.45) is 0 Å². The summed E-state index contributed by atoms with van der Waals surface area (Å²) in [7, 11) is 0. The number of Topliss-reactive ketones (excluding diaryl/α,β-unsaturated/α-hetero) is 1. The Kier molecular flexibility index (Phi) is 3.69. The Bertz CT molecular complexity index is 551. The van der Waals surface area contributed by atoms with Gasteiger partial charge in [-0.05, 0) is 34.5 Å². The minimum Gasteiger partial charge on any atom is -0.294 e. The van der Waals surface area contributed by atoms with Crippen LogP contribution in [0.25, 0.3) is 0 Å². The lowest BCUT2D eigenvalue weighted by molar-refractivity contribution is 0.0992. The summed E-state index contributed by atoms with van der Waals surface area (Å²) in [6, 6.07) is 9.79. The zero-order valence-corrected chi connectivity index (χ0v) is 11.1. The predicted octanol–water partition coefficient (Wildman–Crippen LogP) is 3.58. The first-order valence-electron chi connectivity index (χ1n) is 5.34. The van der Waals surface area contributed by atoms with Crippen LogP contribution in [0.2, 0.25) is 0 Å². The maximum atomic E-state index is 12.0. The van der Waals surface area contributed by atoms with Crippen molar-refractivity contribution in [1.82, 2.24) is 4.98 Å². The number of halogens is 1. The molecule has 0 radical (unpaired) electrons. The number of hydrogen-bond acceptors (Lipinski definition) is 2. The van der Waals surface area contributed by atoms with E-state index in [1.54, 1.807) is 18.5 Å². The maximum absolute atomic E-state index is 12.0. The molecule has 86 valence electrons. The second-order valence-electron chi connectivity index (χ2n) is 3.98. The maximum Gasteiger partial charge on any atom is 0.168 e. The van der Waals surface area contributed by atoms with Crippen molar-refractivity contribution in [3.63, 3.8) is 0 Å². The number of benzene rings is 1. The average Bonchev–Trinajstić information content (AvgIpc) is 2.29. The van der Waals surface area contributed by atoms with Crippen molar-refractivity contribution in [1.29, 1.82) is 0 Å². The Hall–Kier alpha value is -1.48. The van der Waals surface area contributed by atoms with E-state index in [0.717, 1.165) is 10.0 Å². The Morgan fingerprint density at radius 1 is 1.29 bits per heavy atom. The summed E-state index contributed by atoms with van der Waals surface area (Å²) >= 11 is 3.31. The van der Waals surface area contributed by atoms with Crippen LogP contribution in [-0.2, 0) is 6.42 Å². The third-order valence-electron chi connectivity index (χ3n) is 2.47. The first-order valence-corrected chi connectivity index (χ1v) is 6.14. The largest absolute Gasteiger partial charge is 0.294 e. The van der Waals surface area contributed by atoms with E-state index in [4.69, 9.17) is 0 Å². The molecule has 0 saturated heterocycles. The lowest BCUT2D eigenvalue weighted by atomic mass is 10.0. The molecular formula is C14H12BrNO. The number of carbonyl (C=O) groups excluding carboxylic acids is 1. The van der Waals surface area contributed by atoms with Crippen LogP contribution in [0.5, 0.6) is 0 Å². The van der Waals surface area contributed by atoms with Gasteiger partial charge in [-0.3, -0.25) is 9.78 Å².